The minimum Gasteiger partial charge on any atom is -0.359 e. The van der Waals surface area contributed by atoms with Gasteiger partial charge in [-0.2, -0.15) is 0 Å². The van der Waals surface area contributed by atoms with Crippen LogP contribution in [0.4, 0.5) is 11.6 Å². The summed E-state index contributed by atoms with van der Waals surface area (Å²) in [4.78, 5) is 15.6. The molecule has 0 saturated heterocycles. The number of thiazole rings is 1. The van der Waals surface area contributed by atoms with Gasteiger partial charge in [0.25, 0.3) is 5.82 Å². The summed E-state index contributed by atoms with van der Waals surface area (Å²) in [7, 11) is 0. The van der Waals surface area contributed by atoms with Gasteiger partial charge in [-0.3, -0.25) is 9.97 Å². The van der Waals surface area contributed by atoms with E-state index >= 15 is 0 Å². The van der Waals surface area contributed by atoms with Crippen molar-refractivity contribution in [3.05, 3.63) is 57.8 Å². The first-order valence-corrected chi connectivity index (χ1v) is 8.88. The van der Waals surface area contributed by atoms with Crippen LogP contribution in [-0.4, -0.2) is 26.7 Å². The smallest absolute Gasteiger partial charge is 0.299 e. The van der Waals surface area contributed by atoms with Crippen LogP contribution in [-0.2, 0) is 13.0 Å². The van der Waals surface area contributed by atoms with Crippen molar-refractivity contribution in [2.75, 3.05) is 11.4 Å². The summed E-state index contributed by atoms with van der Waals surface area (Å²) in [5, 5.41) is 8.39. The Bertz CT molecular complexity index is 974. The molecular weight excluding hydrogens is 332 g/mol. The molecule has 0 spiro atoms. The minimum atomic E-state index is 0.382. The molecule has 0 atom stereocenters. The van der Waals surface area contributed by atoms with Crippen molar-refractivity contribution in [2.45, 2.75) is 26.8 Å². The van der Waals surface area contributed by atoms with Crippen molar-refractivity contribution in [1.29, 1.82) is 0 Å². The van der Waals surface area contributed by atoms with Gasteiger partial charge in [-0.15, -0.1) is 11.3 Å². The number of rotatable bonds is 2. The van der Waals surface area contributed by atoms with Gasteiger partial charge >= 0.3 is 0 Å². The standard InChI is InChI=1S/C18H16N6S/c1-11-12(2)18(23-22-17(11)19-3)24-5-4-15-14(9-24)6-13(7-21-15)16-8-20-10-25-16/h6-8,10H,4-5,9H2,1-2H3. The van der Waals surface area contributed by atoms with E-state index in [1.807, 2.05) is 31.8 Å². The molecule has 1 aliphatic rings. The summed E-state index contributed by atoms with van der Waals surface area (Å²) in [6, 6.07) is 2.20. The molecule has 124 valence electrons. The molecule has 0 radical (unpaired) electrons. The van der Waals surface area contributed by atoms with Crippen molar-refractivity contribution in [3.63, 3.8) is 0 Å². The third-order valence-corrected chi connectivity index (χ3v) is 5.46. The molecule has 0 N–H and O–H groups in total. The molecule has 7 heteroatoms. The summed E-state index contributed by atoms with van der Waals surface area (Å²) in [6.45, 7) is 12.7. The van der Waals surface area contributed by atoms with E-state index in [0.717, 1.165) is 52.6 Å². The highest BCUT2D eigenvalue weighted by atomic mass is 32.1. The third-order valence-electron chi connectivity index (χ3n) is 4.63. The maximum absolute atomic E-state index is 7.18. The molecule has 0 aromatic carbocycles. The molecule has 0 aliphatic carbocycles. The van der Waals surface area contributed by atoms with Crippen molar-refractivity contribution in [3.8, 4) is 10.4 Å². The zero-order valence-corrected chi connectivity index (χ0v) is 14.8. The Morgan fingerprint density at radius 2 is 2.08 bits per heavy atom. The van der Waals surface area contributed by atoms with Crippen LogP contribution in [0.25, 0.3) is 15.3 Å². The van der Waals surface area contributed by atoms with Crippen molar-refractivity contribution >= 4 is 23.0 Å². The van der Waals surface area contributed by atoms with Crippen LogP contribution in [0, 0.1) is 20.4 Å². The maximum Gasteiger partial charge on any atom is 0.299 e. The highest BCUT2D eigenvalue weighted by molar-refractivity contribution is 7.13. The lowest BCUT2D eigenvalue weighted by molar-refractivity contribution is 0.693. The second kappa shape index (κ2) is 6.22. The molecule has 0 saturated carbocycles. The lowest BCUT2D eigenvalue weighted by atomic mass is 10.0. The molecular formula is C18H16N6S. The van der Waals surface area contributed by atoms with E-state index in [4.69, 9.17) is 6.57 Å². The van der Waals surface area contributed by atoms with E-state index < -0.39 is 0 Å². The Morgan fingerprint density at radius 1 is 1.20 bits per heavy atom. The fourth-order valence-corrected chi connectivity index (χ4v) is 3.69. The lowest BCUT2D eigenvalue weighted by Gasteiger charge is -2.29. The zero-order chi connectivity index (χ0) is 17.4. The third kappa shape index (κ3) is 2.75. The number of fused-ring (bicyclic) bond motifs is 1. The molecule has 3 aromatic rings. The Kier molecular flexibility index (Phi) is 3.90. The van der Waals surface area contributed by atoms with Gasteiger partial charge in [-0.1, -0.05) is 6.57 Å². The van der Waals surface area contributed by atoms with E-state index in [1.54, 1.807) is 11.3 Å². The van der Waals surface area contributed by atoms with Gasteiger partial charge in [0.15, 0.2) is 5.82 Å². The predicted molar refractivity (Wildman–Crippen MR) is 97.9 cm³/mol. The maximum atomic E-state index is 7.18. The molecule has 0 fully saturated rings. The second-order valence-electron chi connectivity index (χ2n) is 6.08. The number of hydrogen-bond acceptors (Lipinski definition) is 6. The molecule has 4 heterocycles. The number of nitrogens with zero attached hydrogens (tertiary/aromatic N) is 6. The minimum absolute atomic E-state index is 0.382. The van der Waals surface area contributed by atoms with Crippen LogP contribution >= 0.6 is 11.3 Å². The molecule has 0 amide bonds. The second-order valence-corrected chi connectivity index (χ2v) is 6.96. The SMILES string of the molecule is [C-]#[N+]c1nnc(N2CCc3ncc(-c4cncs4)cc3C2)c(C)c1C. The van der Waals surface area contributed by atoms with Crippen LogP contribution in [0.1, 0.15) is 22.4 Å². The van der Waals surface area contributed by atoms with Crippen LogP contribution < -0.4 is 4.90 Å². The quantitative estimate of drug-likeness (QED) is 0.661. The van der Waals surface area contributed by atoms with Crippen LogP contribution in [0.3, 0.4) is 0 Å². The van der Waals surface area contributed by atoms with Crippen LogP contribution in [0.2, 0.25) is 0 Å². The van der Waals surface area contributed by atoms with E-state index in [1.165, 1.54) is 5.56 Å². The number of hydrogen-bond donors (Lipinski definition) is 0. The molecule has 6 nitrogen and oxygen atoms in total. The van der Waals surface area contributed by atoms with Crippen LogP contribution in [0.5, 0.6) is 0 Å². The average molecular weight is 348 g/mol. The first kappa shape index (κ1) is 15.7. The number of aromatic nitrogens is 4. The first-order chi connectivity index (χ1) is 12.2. The van der Waals surface area contributed by atoms with Crippen LogP contribution in [0.15, 0.2) is 24.0 Å². The topological polar surface area (TPSA) is 59.2 Å². The Labute approximate surface area is 150 Å². The van der Waals surface area contributed by atoms with E-state index in [0.29, 0.717) is 5.82 Å². The van der Waals surface area contributed by atoms with Crippen molar-refractivity contribution in [2.24, 2.45) is 0 Å². The molecule has 0 bridgehead atoms. The number of anilines is 1. The summed E-state index contributed by atoms with van der Waals surface area (Å²) < 4.78 is 0. The largest absolute Gasteiger partial charge is 0.359 e. The van der Waals surface area contributed by atoms with Gasteiger partial charge in [0.2, 0.25) is 0 Å². The van der Waals surface area contributed by atoms with E-state index in [9.17, 15) is 0 Å². The summed E-state index contributed by atoms with van der Waals surface area (Å²) in [6.07, 6.45) is 4.68. The highest BCUT2D eigenvalue weighted by Gasteiger charge is 2.23. The zero-order valence-electron chi connectivity index (χ0n) is 14.0. The molecule has 3 aromatic heterocycles. The lowest BCUT2D eigenvalue weighted by Crippen LogP contribution is -2.32. The van der Waals surface area contributed by atoms with Crippen molar-refractivity contribution < 1.29 is 0 Å². The Morgan fingerprint density at radius 3 is 2.84 bits per heavy atom. The monoisotopic (exact) mass is 348 g/mol. The van der Waals surface area contributed by atoms with E-state index in [-0.39, 0.29) is 0 Å². The fraction of sp³-hybridized carbons (Fsp3) is 0.278. The average Bonchev–Trinajstić information content (AvgIpc) is 3.18. The summed E-state index contributed by atoms with van der Waals surface area (Å²) >= 11 is 1.62. The molecule has 4 rings (SSSR count). The van der Waals surface area contributed by atoms with Crippen molar-refractivity contribution in [1.82, 2.24) is 20.2 Å². The summed E-state index contributed by atoms with van der Waals surface area (Å²) in [5.74, 6) is 1.24. The molecule has 0 unspecified atom stereocenters. The Hall–Kier alpha value is -2.85. The normalized spacial score (nSPS) is 13.4. The van der Waals surface area contributed by atoms with Gasteiger partial charge in [-0.25, -0.2) is 0 Å². The summed E-state index contributed by atoms with van der Waals surface area (Å²) in [5.41, 5.74) is 7.22. The number of pyridine rings is 1. The predicted octanol–water partition coefficient (Wildman–Crippen LogP) is 3.73. The van der Waals surface area contributed by atoms with E-state index in [2.05, 4.69) is 36.0 Å². The first-order valence-electron chi connectivity index (χ1n) is 8.00. The van der Waals surface area contributed by atoms with Gasteiger partial charge < -0.3 is 9.74 Å². The molecule has 1 aliphatic heterocycles. The molecule has 25 heavy (non-hydrogen) atoms. The Balaban J connectivity index is 1.68. The van der Waals surface area contributed by atoms with Gasteiger partial charge in [0.05, 0.1) is 10.4 Å². The fourth-order valence-electron chi connectivity index (χ4n) is 3.09. The van der Waals surface area contributed by atoms with Gasteiger partial charge in [-0.05, 0) is 41.7 Å². The highest BCUT2D eigenvalue weighted by Crippen LogP contribution is 2.31. The van der Waals surface area contributed by atoms with Gasteiger partial charge in [0, 0.05) is 48.3 Å². The van der Waals surface area contributed by atoms with Gasteiger partial charge in [0.1, 0.15) is 0 Å².